The molecule has 7 nitrogen and oxygen atoms in total. The highest BCUT2D eigenvalue weighted by molar-refractivity contribution is 5.73. The molecule has 0 aromatic rings. The van der Waals surface area contributed by atoms with Gasteiger partial charge in [0, 0.05) is 33.2 Å². The molecule has 3 N–H and O–H groups in total. The number of methoxy groups -OCH3 is 1. The first-order valence-electron chi connectivity index (χ1n) is 6.86. The van der Waals surface area contributed by atoms with Crippen LogP contribution in [0.5, 0.6) is 0 Å². The maximum atomic E-state index is 11.4. The van der Waals surface area contributed by atoms with Crippen molar-refractivity contribution in [1.82, 2.24) is 10.6 Å². The number of carboxylic acids is 1. The van der Waals surface area contributed by atoms with Gasteiger partial charge in [-0.3, -0.25) is 4.79 Å². The Balaban J connectivity index is 3.38. The summed E-state index contributed by atoms with van der Waals surface area (Å²) >= 11 is 0. The first-order chi connectivity index (χ1) is 9.56. The Hall–Kier alpha value is -1.34. The SMILES string of the molecule is COCCOCCCNC(=O)NCC(C)CCC(=O)O. The zero-order valence-electron chi connectivity index (χ0n) is 12.3. The molecule has 2 amide bonds. The predicted octanol–water partition coefficient (Wildman–Crippen LogP) is 0.840. The van der Waals surface area contributed by atoms with E-state index >= 15 is 0 Å². The van der Waals surface area contributed by atoms with Crippen LogP contribution in [-0.4, -0.2) is 57.1 Å². The summed E-state index contributed by atoms with van der Waals surface area (Å²) in [4.78, 5) is 21.8. The van der Waals surface area contributed by atoms with Gasteiger partial charge in [0.05, 0.1) is 13.2 Å². The molecule has 0 saturated heterocycles. The summed E-state index contributed by atoms with van der Waals surface area (Å²) in [5, 5.41) is 14.0. The van der Waals surface area contributed by atoms with Crippen LogP contribution in [0.25, 0.3) is 0 Å². The number of carboxylic acid groups (broad SMARTS) is 1. The number of ether oxygens (including phenoxy) is 2. The monoisotopic (exact) mass is 290 g/mol. The number of aliphatic carboxylic acids is 1. The largest absolute Gasteiger partial charge is 0.481 e. The molecule has 1 atom stereocenters. The molecule has 118 valence electrons. The van der Waals surface area contributed by atoms with Crippen LogP contribution in [0, 0.1) is 5.92 Å². The number of hydrogen-bond donors (Lipinski definition) is 3. The van der Waals surface area contributed by atoms with Gasteiger partial charge in [-0.25, -0.2) is 4.79 Å². The van der Waals surface area contributed by atoms with E-state index in [1.54, 1.807) is 7.11 Å². The molecule has 0 bridgehead atoms. The molecular formula is C13H26N2O5. The smallest absolute Gasteiger partial charge is 0.314 e. The van der Waals surface area contributed by atoms with E-state index in [0.717, 1.165) is 6.42 Å². The van der Waals surface area contributed by atoms with Crippen molar-refractivity contribution in [3.8, 4) is 0 Å². The van der Waals surface area contributed by atoms with Crippen molar-refractivity contribution in [1.29, 1.82) is 0 Å². The highest BCUT2D eigenvalue weighted by Gasteiger charge is 2.07. The minimum absolute atomic E-state index is 0.128. The van der Waals surface area contributed by atoms with E-state index in [4.69, 9.17) is 14.6 Å². The van der Waals surface area contributed by atoms with Crippen LogP contribution in [0.1, 0.15) is 26.2 Å². The summed E-state index contributed by atoms with van der Waals surface area (Å²) in [5.74, 6) is -0.663. The molecule has 0 aromatic heterocycles. The fourth-order valence-corrected chi connectivity index (χ4v) is 1.42. The number of amides is 2. The van der Waals surface area contributed by atoms with Crippen LogP contribution in [0.15, 0.2) is 0 Å². The van der Waals surface area contributed by atoms with Crippen LogP contribution in [0.2, 0.25) is 0 Å². The maximum absolute atomic E-state index is 11.4. The van der Waals surface area contributed by atoms with Crippen molar-refractivity contribution in [3.63, 3.8) is 0 Å². The molecule has 7 heteroatoms. The van der Waals surface area contributed by atoms with Gasteiger partial charge in [0.15, 0.2) is 0 Å². The van der Waals surface area contributed by atoms with Gasteiger partial charge in [-0.1, -0.05) is 6.92 Å². The summed E-state index contributed by atoms with van der Waals surface area (Å²) < 4.78 is 10.1. The highest BCUT2D eigenvalue weighted by atomic mass is 16.5. The molecule has 0 heterocycles. The summed E-state index contributed by atoms with van der Waals surface area (Å²) in [6.07, 6.45) is 1.43. The Kier molecular flexibility index (Phi) is 11.8. The highest BCUT2D eigenvalue weighted by Crippen LogP contribution is 2.03. The molecule has 0 radical (unpaired) electrons. The summed E-state index contributed by atoms with van der Waals surface area (Å²) in [6.45, 7) is 4.64. The fourth-order valence-electron chi connectivity index (χ4n) is 1.42. The molecular weight excluding hydrogens is 264 g/mol. The topological polar surface area (TPSA) is 96.9 Å². The van der Waals surface area contributed by atoms with Crippen LogP contribution in [0.3, 0.4) is 0 Å². The lowest BCUT2D eigenvalue weighted by atomic mass is 10.1. The van der Waals surface area contributed by atoms with Crippen LogP contribution < -0.4 is 10.6 Å². The molecule has 1 unspecified atom stereocenters. The lowest BCUT2D eigenvalue weighted by molar-refractivity contribution is -0.137. The van der Waals surface area contributed by atoms with Gasteiger partial charge in [0.25, 0.3) is 0 Å². The summed E-state index contributed by atoms with van der Waals surface area (Å²) in [5.41, 5.74) is 0. The van der Waals surface area contributed by atoms with E-state index in [0.29, 0.717) is 39.3 Å². The van der Waals surface area contributed by atoms with E-state index in [1.807, 2.05) is 6.92 Å². The number of urea groups is 1. The molecule has 0 saturated carbocycles. The second-order valence-electron chi connectivity index (χ2n) is 4.63. The quantitative estimate of drug-likeness (QED) is 0.463. The van der Waals surface area contributed by atoms with Gasteiger partial charge in [-0.05, 0) is 18.8 Å². The van der Waals surface area contributed by atoms with E-state index < -0.39 is 5.97 Å². The third kappa shape index (κ3) is 13.1. The van der Waals surface area contributed by atoms with Crippen LogP contribution in [0.4, 0.5) is 4.79 Å². The van der Waals surface area contributed by atoms with Gasteiger partial charge in [0.1, 0.15) is 0 Å². The van der Waals surface area contributed by atoms with E-state index in [9.17, 15) is 9.59 Å². The van der Waals surface area contributed by atoms with E-state index in [2.05, 4.69) is 10.6 Å². The average molecular weight is 290 g/mol. The molecule has 0 rings (SSSR count). The standard InChI is InChI=1S/C13H26N2O5/c1-11(4-5-12(16)17)10-15-13(18)14-6-3-7-20-9-8-19-2/h11H,3-10H2,1-2H3,(H,16,17)(H2,14,15,18). The minimum Gasteiger partial charge on any atom is -0.481 e. The van der Waals surface area contributed by atoms with E-state index in [1.165, 1.54) is 0 Å². The molecule has 0 aliphatic heterocycles. The third-order valence-corrected chi connectivity index (χ3v) is 2.64. The zero-order chi connectivity index (χ0) is 15.2. The van der Waals surface area contributed by atoms with Crippen molar-refractivity contribution >= 4 is 12.0 Å². The zero-order valence-corrected chi connectivity index (χ0v) is 12.3. The Labute approximate surface area is 120 Å². The van der Waals surface area contributed by atoms with Crippen molar-refractivity contribution in [2.75, 3.05) is 40.0 Å². The first kappa shape index (κ1) is 18.7. The number of carbonyl (C=O) groups is 2. The first-order valence-corrected chi connectivity index (χ1v) is 6.86. The molecule has 0 aromatic carbocycles. The van der Waals surface area contributed by atoms with Crippen molar-refractivity contribution < 1.29 is 24.2 Å². The summed E-state index contributed by atoms with van der Waals surface area (Å²) in [6, 6.07) is -0.232. The molecule has 0 aliphatic carbocycles. The second-order valence-corrected chi connectivity index (χ2v) is 4.63. The van der Waals surface area contributed by atoms with E-state index in [-0.39, 0.29) is 18.4 Å². The normalized spacial score (nSPS) is 11.9. The van der Waals surface area contributed by atoms with Crippen molar-refractivity contribution in [2.45, 2.75) is 26.2 Å². The van der Waals surface area contributed by atoms with Crippen LogP contribution in [-0.2, 0) is 14.3 Å². The lowest BCUT2D eigenvalue weighted by Gasteiger charge is -2.12. The average Bonchev–Trinajstić information content (AvgIpc) is 2.41. The Morgan fingerprint density at radius 1 is 1.20 bits per heavy atom. The minimum atomic E-state index is -0.810. The van der Waals surface area contributed by atoms with Crippen molar-refractivity contribution in [2.24, 2.45) is 5.92 Å². The third-order valence-electron chi connectivity index (χ3n) is 2.64. The van der Waals surface area contributed by atoms with Gasteiger partial charge in [0.2, 0.25) is 0 Å². The fraction of sp³-hybridized carbons (Fsp3) is 0.846. The van der Waals surface area contributed by atoms with Gasteiger partial charge >= 0.3 is 12.0 Å². The number of nitrogens with one attached hydrogen (secondary N) is 2. The predicted molar refractivity (Wildman–Crippen MR) is 74.7 cm³/mol. The van der Waals surface area contributed by atoms with Crippen LogP contribution >= 0.6 is 0 Å². The Morgan fingerprint density at radius 2 is 1.95 bits per heavy atom. The molecule has 0 aliphatic rings. The molecule has 0 fully saturated rings. The molecule has 20 heavy (non-hydrogen) atoms. The Bertz CT molecular complexity index is 273. The van der Waals surface area contributed by atoms with Gasteiger partial charge in [-0.2, -0.15) is 0 Å². The Morgan fingerprint density at radius 3 is 2.60 bits per heavy atom. The van der Waals surface area contributed by atoms with Gasteiger partial charge < -0.3 is 25.2 Å². The lowest BCUT2D eigenvalue weighted by Crippen LogP contribution is -2.38. The molecule has 0 spiro atoms. The summed E-state index contributed by atoms with van der Waals surface area (Å²) in [7, 11) is 1.62. The van der Waals surface area contributed by atoms with Gasteiger partial charge in [-0.15, -0.1) is 0 Å². The van der Waals surface area contributed by atoms with Crippen molar-refractivity contribution in [3.05, 3.63) is 0 Å². The second kappa shape index (κ2) is 12.7. The number of carbonyl (C=O) groups excluding carboxylic acids is 1. The maximum Gasteiger partial charge on any atom is 0.314 e. The number of rotatable bonds is 12. The number of hydrogen-bond acceptors (Lipinski definition) is 4.